The summed E-state index contributed by atoms with van der Waals surface area (Å²) in [4.78, 5) is 27.5. The van der Waals surface area contributed by atoms with E-state index in [0.717, 1.165) is 59.8 Å². The van der Waals surface area contributed by atoms with Gasteiger partial charge in [0, 0.05) is 35.1 Å². The molecule has 8 nitrogen and oxygen atoms in total. The molecule has 3 heterocycles. The zero-order valence-corrected chi connectivity index (χ0v) is 20.9. The molecule has 35 heavy (non-hydrogen) atoms. The number of rotatable bonds is 3. The molecule has 0 atom stereocenters. The van der Waals surface area contributed by atoms with Gasteiger partial charge in [0.15, 0.2) is 5.15 Å². The van der Waals surface area contributed by atoms with Gasteiger partial charge in [0.2, 0.25) is 0 Å². The van der Waals surface area contributed by atoms with Gasteiger partial charge in [-0.1, -0.05) is 31.5 Å². The number of nitrogens with one attached hydrogen (secondary N) is 1. The maximum Gasteiger partial charge on any atom is 0.411 e. The smallest absolute Gasteiger partial charge is 0.411 e. The van der Waals surface area contributed by atoms with E-state index in [-0.39, 0.29) is 10.6 Å². The van der Waals surface area contributed by atoms with E-state index in [2.05, 4.69) is 44.8 Å². The van der Waals surface area contributed by atoms with Crippen LogP contribution >= 0.6 is 11.6 Å². The molecule has 1 aliphatic heterocycles. The van der Waals surface area contributed by atoms with Gasteiger partial charge < -0.3 is 14.4 Å². The lowest BCUT2D eigenvalue weighted by Gasteiger charge is -2.33. The van der Waals surface area contributed by atoms with Crippen LogP contribution in [0.2, 0.25) is 5.15 Å². The highest BCUT2D eigenvalue weighted by atomic mass is 35.5. The predicted octanol–water partition coefficient (Wildman–Crippen LogP) is 5.28. The van der Waals surface area contributed by atoms with E-state index in [1.54, 1.807) is 18.6 Å². The summed E-state index contributed by atoms with van der Waals surface area (Å²) < 4.78 is 10.8. The molecule has 0 saturated heterocycles. The minimum absolute atomic E-state index is 0.194. The van der Waals surface area contributed by atoms with Gasteiger partial charge in [-0.25, -0.2) is 19.7 Å². The van der Waals surface area contributed by atoms with Crippen LogP contribution < -0.4 is 15.0 Å². The van der Waals surface area contributed by atoms with E-state index in [1.807, 2.05) is 12.1 Å². The van der Waals surface area contributed by atoms with E-state index in [4.69, 9.17) is 21.3 Å². The first-order valence-electron chi connectivity index (χ1n) is 11.7. The minimum Gasteiger partial charge on any atom is -0.491 e. The van der Waals surface area contributed by atoms with Crippen LogP contribution in [0.3, 0.4) is 0 Å². The maximum atomic E-state index is 11.7. The van der Waals surface area contributed by atoms with Gasteiger partial charge in [0.25, 0.3) is 0 Å². The molecular weight excluding hydrogens is 466 g/mol. The van der Waals surface area contributed by atoms with Gasteiger partial charge in [-0.3, -0.25) is 5.32 Å². The molecule has 2 aromatic heterocycles. The van der Waals surface area contributed by atoms with Crippen LogP contribution in [0.5, 0.6) is 5.75 Å². The monoisotopic (exact) mass is 493 g/mol. The number of halogens is 1. The summed E-state index contributed by atoms with van der Waals surface area (Å²) in [5.74, 6) is 1.86. The molecule has 0 bridgehead atoms. The van der Waals surface area contributed by atoms with E-state index in [0.29, 0.717) is 18.8 Å². The number of pyridine rings is 1. The molecule has 1 N–H and O–H groups in total. The lowest BCUT2D eigenvalue weighted by molar-refractivity contribution is 0.187. The van der Waals surface area contributed by atoms with Gasteiger partial charge in [0.05, 0.1) is 19.3 Å². The fourth-order valence-corrected chi connectivity index (χ4v) is 4.89. The Bertz CT molecular complexity index is 1280. The summed E-state index contributed by atoms with van der Waals surface area (Å²) in [6.07, 6.45) is 5.85. The standard InChI is InChI=1S/C26H28ClN5O3/c1-26(2)7-6-20-19(12-26)24(30-15-29-20)32-8-9-35-22-5-4-16(10-18(22)14-32)17-11-21(23(27)28-13-17)31-25(33)34-3/h4-5,10-11,13,15H,6-9,12,14H2,1-3H3,(H,31,33). The average Bonchev–Trinajstić information content (AvgIpc) is 3.06. The highest BCUT2D eigenvalue weighted by molar-refractivity contribution is 6.32. The molecule has 0 saturated carbocycles. The molecular formula is C26H28ClN5O3. The third kappa shape index (κ3) is 4.89. The molecule has 0 radical (unpaired) electrons. The number of carbonyl (C=O) groups is 1. The van der Waals surface area contributed by atoms with Crippen molar-refractivity contribution in [2.75, 3.05) is 30.5 Å². The van der Waals surface area contributed by atoms with Gasteiger partial charge >= 0.3 is 6.09 Å². The summed E-state index contributed by atoms with van der Waals surface area (Å²) in [5, 5.41) is 2.80. The summed E-state index contributed by atoms with van der Waals surface area (Å²) in [6.45, 7) is 6.60. The first-order valence-corrected chi connectivity index (χ1v) is 12.0. The number of hydrogen-bond donors (Lipinski definition) is 1. The van der Waals surface area contributed by atoms with Crippen LogP contribution in [0.4, 0.5) is 16.3 Å². The van der Waals surface area contributed by atoms with Gasteiger partial charge in [0.1, 0.15) is 24.5 Å². The Kier molecular flexibility index (Phi) is 6.23. The fraction of sp³-hybridized carbons (Fsp3) is 0.385. The number of carbonyl (C=O) groups excluding carboxylic acids is 1. The maximum absolute atomic E-state index is 11.7. The Morgan fingerprint density at radius 1 is 1.20 bits per heavy atom. The minimum atomic E-state index is -0.604. The van der Waals surface area contributed by atoms with Crippen molar-refractivity contribution in [3.8, 4) is 16.9 Å². The van der Waals surface area contributed by atoms with Crippen molar-refractivity contribution >= 4 is 29.2 Å². The Hall–Kier alpha value is -3.39. The Balaban J connectivity index is 1.47. The third-order valence-corrected chi connectivity index (χ3v) is 6.94. The van der Waals surface area contributed by atoms with E-state index < -0.39 is 6.09 Å². The highest BCUT2D eigenvalue weighted by Crippen LogP contribution is 2.39. The molecule has 1 amide bonds. The topological polar surface area (TPSA) is 89.5 Å². The Morgan fingerprint density at radius 3 is 2.89 bits per heavy atom. The summed E-state index contributed by atoms with van der Waals surface area (Å²) >= 11 is 6.17. The molecule has 5 rings (SSSR count). The number of nitrogens with zero attached hydrogens (tertiary/aromatic N) is 4. The third-order valence-electron chi connectivity index (χ3n) is 6.64. The van der Waals surface area contributed by atoms with E-state index >= 15 is 0 Å². The first kappa shape index (κ1) is 23.4. The number of hydrogen-bond acceptors (Lipinski definition) is 7. The van der Waals surface area contributed by atoms with Gasteiger partial charge in [-0.2, -0.15) is 0 Å². The van der Waals surface area contributed by atoms with Gasteiger partial charge in [-0.15, -0.1) is 0 Å². The molecule has 0 fully saturated rings. The van der Waals surface area contributed by atoms with Crippen molar-refractivity contribution in [2.24, 2.45) is 5.41 Å². The second-order valence-electron chi connectivity index (χ2n) is 9.73. The van der Waals surface area contributed by atoms with E-state index in [1.165, 1.54) is 12.7 Å². The second kappa shape index (κ2) is 9.34. The van der Waals surface area contributed by atoms with Crippen LogP contribution in [0.25, 0.3) is 11.1 Å². The number of benzene rings is 1. The highest BCUT2D eigenvalue weighted by Gasteiger charge is 2.30. The number of aromatic nitrogens is 3. The number of aryl methyl sites for hydroxylation is 1. The fourth-order valence-electron chi connectivity index (χ4n) is 4.74. The normalized spacial score (nSPS) is 16.4. The average molecular weight is 494 g/mol. The molecule has 182 valence electrons. The van der Waals surface area contributed by atoms with Crippen LogP contribution in [0.1, 0.15) is 37.1 Å². The second-order valence-corrected chi connectivity index (χ2v) is 10.1. The molecule has 0 unspecified atom stereocenters. The SMILES string of the molecule is COC(=O)Nc1cc(-c2ccc3c(c2)CN(c2ncnc4c2CC(C)(C)CC4)CCO3)cnc1Cl. The first-order chi connectivity index (χ1) is 16.8. The molecule has 9 heteroatoms. The molecule has 2 aliphatic rings. The zero-order chi connectivity index (χ0) is 24.6. The molecule has 3 aromatic rings. The lowest BCUT2D eigenvalue weighted by Crippen LogP contribution is -2.31. The van der Waals surface area contributed by atoms with Crippen molar-refractivity contribution in [1.29, 1.82) is 0 Å². The van der Waals surface area contributed by atoms with Gasteiger partial charge in [-0.05, 0) is 48.4 Å². The Morgan fingerprint density at radius 2 is 2.06 bits per heavy atom. The summed E-state index contributed by atoms with van der Waals surface area (Å²) in [7, 11) is 1.30. The van der Waals surface area contributed by atoms with Crippen molar-refractivity contribution in [3.63, 3.8) is 0 Å². The van der Waals surface area contributed by atoms with Crippen LogP contribution in [-0.2, 0) is 24.1 Å². The summed E-state index contributed by atoms with van der Waals surface area (Å²) in [5.41, 5.74) is 5.85. The number of fused-ring (bicyclic) bond motifs is 2. The van der Waals surface area contributed by atoms with Crippen LogP contribution in [0.15, 0.2) is 36.8 Å². The van der Waals surface area contributed by atoms with E-state index in [9.17, 15) is 4.79 Å². The number of ether oxygens (including phenoxy) is 2. The quantitative estimate of drug-likeness (QED) is 0.496. The summed E-state index contributed by atoms with van der Waals surface area (Å²) in [6, 6.07) is 7.84. The predicted molar refractivity (Wildman–Crippen MR) is 135 cm³/mol. The zero-order valence-electron chi connectivity index (χ0n) is 20.1. The van der Waals surface area contributed by atoms with Crippen molar-refractivity contribution < 1.29 is 14.3 Å². The van der Waals surface area contributed by atoms with Crippen molar-refractivity contribution in [2.45, 2.75) is 39.7 Å². The van der Waals surface area contributed by atoms with Crippen molar-refractivity contribution in [3.05, 3.63) is 58.8 Å². The van der Waals surface area contributed by atoms with Crippen LogP contribution in [0, 0.1) is 5.41 Å². The molecule has 1 aliphatic carbocycles. The Labute approximate surface area is 209 Å². The number of methoxy groups -OCH3 is 1. The van der Waals surface area contributed by atoms with Crippen LogP contribution in [-0.4, -0.2) is 41.3 Å². The number of amides is 1. The molecule has 1 aromatic carbocycles. The van der Waals surface area contributed by atoms with Crippen molar-refractivity contribution in [1.82, 2.24) is 15.0 Å². The lowest BCUT2D eigenvalue weighted by atomic mass is 9.76. The largest absolute Gasteiger partial charge is 0.491 e. The number of anilines is 2. The molecule has 0 spiro atoms.